The van der Waals surface area contributed by atoms with Gasteiger partial charge in [0.25, 0.3) is 0 Å². The highest BCUT2D eigenvalue weighted by molar-refractivity contribution is 5.72. The van der Waals surface area contributed by atoms with Crippen LogP contribution in [0.2, 0.25) is 0 Å². The number of rotatable bonds is 13. The molecule has 0 aromatic heterocycles. The molecule has 0 aromatic rings. The van der Waals surface area contributed by atoms with Crippen molar-refractivity contribution >= 4 is 5.97 Å². The Kier molecular flexibility index (Phi) is 13.0. The molecular formula is C17H35NO2. The monoisotopic (exact) mass is 285 g/mol. The van der Waals surface area contributed by atoms with Crippen LogP contribution in [-0.2, 0) is 9.53 Å². The van der Waals surface area contributed by atoms with Crippen molar-refractivity contribution < 1.29 is 9.53 Å². The number of hydrogen-bond acceptors (Lipinski definition) is 3. The predicted molar refractivity (Wildman–Crippen MR) is 85.9 cm³/mol. The molecule has 3 heteroatoms. The standard InChI is InChI=1S/C17H35NO2/c1-5-7-8-9-10-11-13-16(17(19)20-6-2)14-12-15-18(3)4/h16H,5-15H2,1-4H3. The van der Waals surface area contributed by atoms with Gasteiger partial charge in [0.2, 0.25) is 0 Å². The third-order valence-corrected chi connectivity index (χ3v) is 3.68. The highest BCUT2D eigenvalue weighted by Gasteiger charge is 2.18. The lowest BCUT2D eigenvalue weighted by Gasteiger charge is -2.17. The van der Waals surface area contributed by atoms with E-state index in [0.717, 1.165) is 32.2 Å². The van der Waals surface area contributed by atoms with Crippen LogP contribution in [0.1, 0.15) is 71.6 Å². The first-order valence-corrected chi connectivity index (χ1v) is 8.43. The summed E-state index contributed by atoms with van der Waals surface area (Å²) in [6.45, 7) is 5.67. The average molecular weight is 285 g/mol. The zero-order chi connectivity index (χ0) is 15.2. The second kappa shape index (κ2) is 13.4. The minimum Gasteiger partial charge on any atom is -0.466 e. The minimum atomic E-state index is 0.0137. The Hall–Kier alpha value is -0.570. The van der Waals surface area contributed by atoms with E-state index in [-0.39, 0.29) is 11.9 Å². The van der Waals surface area contributed by atoms with Gasteiger partial charge in [0.05, 0.1) is 12.5 Å². The molecule has 120 valence electrons. The van der Waals surface area contributed by atoms with E-state index in [9.17, 15) is 4.79 Å². The summed E-state index contributed by atoms with van der Waals surface area (Å²) in [5.74, 6) is 0.126. The van der Waals surface area contributed by atoms with Crippen molar-refractivity contribution in [3.63, 3.8) is 0 Å². The molecule has 1 unspecified atom stereocenters. The van der Waals surface area contributed by atoms with Crippen LogP contribution in [0.4, 0.5) is 0 Å². The lowest BCUT2D eigenvalue weighted by atomic mass is 9.95. The van der Waals surface area contributed by atoms with Crippen LogP contribution in [-0.4, -0.2) is 38.1 Å². The van der Waals surface area contributed by atoms with Crippen molar-refractivity contribution in [3.8, 4) is 0 Å². The normalized spacial score (nSPS) is 12.7. The lowest BCUT2D eigenvalue weighted by Crippen LogP contribution is -2.20. The van der Waals surface area contributed by atoms with Crippen molar-refractivity contribution in [3.05, 3.63) is 0 Å². The molecule has 0 amide bonds. The van der Waals surface area contributed by atoms with Gasteiger partial charge in [0, 0.05) is 0 Å². The molecule has 0 fully saturated rings. The fourth-order valence-corrected chi connectivity index (χ4v) is 2.47. The summed E-state index contributed by atoms with van der Waals surface area (Å²) >= 11 is 0. The maximum absolute atomic E-state index is 11.9. The van der Waals surface area contributed by atoms with Gasteiger partial charge in [-0.2, -0.15) is 0 Å². The largest absolute Gasteiger partial charge is 0.466 e. The number of nitrogens with zero attached hydrogens (tertiary/aromatic N) is 1. The molecule has 0 aromatic carbocycles. The van der Waals surface area contributed by atoms with E-state index < -0.39 is 0 Å². The van der Waals surface area contributed by atoms with E-state index in [1.807, 2.05) is 6.92 Å². The second-order valence-corrected chi connectivity index (χ2v) is 5.95. The molecule has 1 atom stereocenters. The molecule has 0 N–H and O–H groups in total. The topological polar surface area (TPSA) is 29.5 Å². The van der Waals surface area contributed by atoms with Gasteiger partial charge in [0.1, 0.15) is 0 Å². The van der Waals surface area contributed by atoms with Gasteiger partial charge in [-0.25, -0.2) is 0 Å². The fourth-order valence-electron chi connectivity index (χ4n) is 2.47. The molecule has 0 saturated heterocycles. The quantitative estimate of drug-likeness (QED) is 0.374. The Balaban J connectivity index is 3.89. The Morgan fingerprint density at radius 3 is 2.15 bits per heavy atom. The van der Waals surface area contributed by atoms with Gasteiger partial charge in [-0.1, -0.05) is 45.4 Å². The fraction of sp³-hybridized carbons (Fsp3) is 0.941. The maximum Gasteiger partial charge on any atom is 0.308 e. The van der Waals surface area contributed by atoms with Crippen LogP contribution < -0.4 is 0 Å². The smallest absolute Gasteiger partial charge is 0.308 e. The molecule has 20 heavy (non-hydrogen) atoms. The highest BCUT2D eigenvalue weighted by Crippen LogP contribution is 2.18. The summed E-state index contributed by atoms with van der Waals surface area (Å²) in [5.41, 5.74) is 0. The van der Waals surface area contributed by atoms with Crippen LogP contribution in [0.15, 0.2) is 0 Å². The van der Waals surface area contributed by atoms with E-state index in [1.54, 1.807) is 0 Å². The molecule has 0 heterocycles. The third-order valence-electron chi connectivity index (χ3n) is 3.68. The van der Waals surface area contributed by atoms with Gasteiger partial charge < -0.3 is 9.64 Å². The highest BCUT2D eigenvalue weighted by atomic mass is 16.5. The predicted octanol–water partition coefficient (Wildman–Crippen LogP) is 4.26. The Morgan fingerprint density at radius 2 is 1.55 bits per heavy atom. The summed E-state index contributed by atoms with van der Waals surface area (Å²) < 4.78 is 5.20. The van der Waals surface area contributed by atoms with E-state index in [2.05, 4.69) is 25.9 Å². The van der Waals surface area contributed by atoms with E-state index in [0.29, 0.717) is 6.61 Å². The van der Waals surface area contributed by atoms with Gasteiger partial charge in [-0.3, -0.25) is 4.79 Å². The Bertz CT molecular complexity index is 229. The zero-order valence-corrected chi connectivity index (χ0v) is 14.1. The number of ether oxygens (including phenoxy) is 1. The van der Waals surface area contributed by atoms with Gasteiger partial charge in [0.15, 0.2) is 0 Å². The van der Waals surface area contributed by atoms with Crippen LogP contribution in [0, 0.1) is 5.92 Å². The first-order chi connectivity index (χ1) is 9.61. The molecule has 0 aliphatic heterocycles. The van der Waals surface area contributed by atoms with Crippen LogP contribution in [0.5, 0.6) is 0 Å². The Morgan fingerprint density at radius 1 is 0.950 bits per heavy atom. The van der Waals surface area contributed by atoms with Gasteiger partial charge in [-0.15, -0.1) is 0 Å². The van der Waals surface area contributed by atoms with Crippen LogP contribution in [0.25, 0.3) is 0 Å². The second-order valence-electron chi connectivity index (χ2n) is 5.95. The van der Waals surface area contributed by atoms with Crippen molar-refractivity contribution in [2.45, 2.75) is 71.6 Å². The van der Waals surface area contributed by atoms with Gasteiger partial charge in [-0.05, 0) is 46.8 Å². The third kappa shape index (κ3) is 11.3. The number of unbranched alkanes of at least 4 members (excludes halogenated alkanes) is 5. The van der Waals surface area contributed by atoms with E-state index >= 15 is 0 Å². The zero-order valence-electron chi connectivity index (χ0n) is 14.1. The summed E-state index contributed by atoms with van der Waals surface area (Å²) in [6.07, 6.45) is 10.7. The SMILES string of the molecule is CCCCCCCCC(CCCN(C)C)C(=O)OCC. The number of carbonyl (C=O) groups excluding carboxylic acids is 1. The number of carbonyl (C=O) groups is 1. The van der Waals surface area contributed by atoms with E-state index in [4.69, 9.17) is 4.74 Å². The number of esters is 1. The summed E-state index contributed by atoms with van der Waals surface area (Å²) in [7, 11) is 4.15. The van der Waals surface area contributed by atoms with E-state index in [1.165, 1.54) is 32.1 Å². The molecule has 0 rings (SSSR count). The molecule has 3 nitrogen and oxygen atoms in total. The summed E-state index contributed by atoms with van der Waals surface area (Å²) in [4.78, 5) is 14.1. The maximum atomic E-state index is 11.9. The molecule has 0 radical (unpaired) electrons. The van der Waals surface area contributed by atoms with Gasteiger partial charge >= 0.3 is 5.97 Å². The van der Waals surface area contributed by atoms with Crippen LogP contribution in [0.3, 0.4) is 0 Å². The molecule has 0 bridgehead atoms. The van der Waals surface area contributed by atoms with Crippen molar-refractivity contribution in [1.29, 1.82) is 0 Å². The summed E-state index contributed by atoms with van der Waals surface area (Å²) in [6, 6.07) is 0. The first-order valence-electron chi connectivity index (χ1n) is 8.43. The number of hydrogen-bond donors (Lipinski definition) is 0. The molecule has 0 aliphatic rings. The lowest BCUT2D eigenvalue weighted by molar-refractivity contribution is -0.148. The van der Waals surface area contributed by atoms with Crippen LogP contribution >= 0.6 is 0 Å². The average Bonchev–Trinajstić information content (AvgIpc) is 2.40. The molecular weight excluding hydrogens is 250 g/mol. The Labute approximate surface area is 126 Å². The van der Waals surface area contributed by atoms with Crippen molar-refractivity contribution in [2.75, 3.05) is 27.2 Å². The first kappa shape index (κ1) is 19.4. The molecule has 0 saturated carbocycles. The molecule has 0 spiro atoms. The minimum absolute atomic E-state index is 0.0137. The summed E-state index contributed by atoms with van der Waals surface area (Å²) in [5, 5.41) is 0. The molecule has 0 aliphatic carbocycles. The van der Waals surface area contributed by atoms with Crippen molar-refractivity contribution in [2.24, 2.45) is 5.92 Å². The van der Waals surface area contributed by atoms with Crippen molar-refractivity contribution in [1.82, 2.24) is 4.90 Å².